The molecule has 3 aromatic heterocycles. The van der Waals surface area contributed by atoms with Gasteiger partial charge in [-0.15, -0.1) is 5.10 Å². The van der Waals surface area contributed by atoms with Crippen LogP contribution in [0.2, 0.25) is 0 Å². The summed E-state index contributed by atoms with van der Waals surface area (Å²) < 4.78 is 61.3. The lowest BCUT2D eigenvalue weighted by molar-refractivity contribution is -0.137. The number of alkyl halides is 3. The van der Waals surface area contributed by atoms with Crippen LogP contribution in [-0.2, 0) is 10.9 Å². The predicted octanol–water partition coefficient (Wildman–Crippen LogP) is 4.23. The molecule has 0 radical (unpaired) electrons. The summed E-state index contributed by atoms with van der Waals surface area (Å²) >= 11 is 0. The Bertz CT molecular complexity index is 1470. The summed E-state index contributed by atoms with van der Waals surface area (Å²) in [5.74, 6) is -0.212. The van der Waals surface area contributed by atoms with E-state index in [1.54, 1.807) is 49.0 Å². The van der Waals surface area contributed by atoms with Crippen LogP contribution >= 0.6 is 0 Å². The zero-order valence-electron chi connectivity index (χ0n) is 21.4. The van der Waals surface area contributed by atoms with Crippen molar-refractivity contribution in [3.8, 4) is 17.3 Å². The Hall–Kier alpha value is -4.33. The summed E-state index contributed by atoms with van der Waals surface area (Å²) in [6.07, 6.45) is -1.89. The average molecular weight is 544 g/mol. The lowest BCUT2D eigenvalue weighted by atomic mass is 10.1. The Morgan fingerprint density at radius 1 is 1.00 bits per heavy atom. The van der Waals surface area contributed by atoms with Gasteiger partial charge >= 0.3 is 6.18 Å². The topological polar surface area (TPSA) is 97.1 Å². The van der Waals surface area contributed by atoms with Crippen molar-refractivity contribution in [1.82, 2.24) is 29.9 Å². The van der Waals surface area contributed by atoms with Crippen molar-refractivity contribution in [3.63, 3.8) is 0 Å². The number of aromatic nitrogens is 6. The van der Waals surface area contributed by atoms with Gasteiger partial charge in [-0.1, -0.05) is 5.21 Å². The lowest BCUT2D eigenvalue weighted by Gasteiger charge is -2.28. The summed E-state index contributed by atoms with van der Waals surface area (Å²) in [4.78, 5) is 16.2. The van der Waals surface area contributed by atoms with Crippen molar-refractivity contribution in [2.24, 2.45) is 0 Å². The number of nitrogens with one attached hydrogen (secondary N) is 1. The van der Waals surface area contributed by atoms with E-state index in [0.29, 0.717) is 54.8 Å². The van der Waals surface area contributed by atoms with Gasteiger partial charge in [0.15, 0.2) is 11.6 Å². The van der Waals surface area contributed by atoms with Gasteiger partial charge in [0.25, 0.3) is 5.95 Å². The van der Waals surface area contributed by atoms with Crippen molar-refractivity contribution in [1.29, 1.82) is 0 Å². The molecule has 1 aliphatic rings. The van der Waals surface area contributed by atoms with Gasteiger partial charge in [-0.25, -0.2) is 9.37 Å². The first-order valence-electron chi connectivity index (χ1n) is 12.0. The van der Waals surface area contributed by atoms with E-state index in [2.05, 4.69) is 30.6 Å². The van der Waals surface area contributed by atoms with Gasteiger partial charge in [-0.2, -0.15) is 22.8 Å². The molecule has 0 unspecified atom stereocenters. The van der Waals surface area contributed by atoms with Gasteiger partial charge in [0.2, 0.25) is 0 Å². The van der Waals surface area contributed by atoms with E-state index in [4.69, 9.17) is 4.74 Å². The van der Waals surface area contributed by atoms with Crippen molar-refractivity contribution in [3.05, 3.63) is 59.8 Å². The van der Waals surface area contributed by atoms with Crippen LogP contribution in [0.4, 0.5) is 40.4 Å². The van der Waals surface area contributed by atoms with E-state index in [1.807, 2.05) is 0 Å². The average Bonchev–Trinajstić information content (AvgIpc) is 3.30. The van der Waals surface area contributed by atoms with Crippen LogP contribution in [0.25, 0.3) is 17.3 Å². The van der Waals surface area contributed by atoms with E-state index >= 15 is 0 Å². The number of hydrogen-bond acceptors (Lipinski definition) is 9. The number of halogens is 4. The highest BCUT2D eigenvalue weighted by Crippen LogP contribution is 2.35. The molecule has 1 saturated heterocycles. The second kappa shape index (κ2) is 10.4. The minimum atomic E-state index is -4.48. The minimum absolute atomic E-state index is 0.161. The standard InChI is InChI=1S/C25H25F4N9O/c1-15-22(34-35-38(15)24-31-14-20(26)23(33-24)37-6-8-39-9-7-37)21-5-4-17(13-30-21)32-18-10-16(25(27,28)29)11-19(12-18)36(2)3/h4-5,10-14,32H,6-9H2,1-3H3. The summed E-state index contributed by atoms with van der Waals surface area (Å²) in [5, 5.41) is 11.3. The molecule has 0 spiro atoms. The molecule has 0 atom stereocenters. The monoisotopic (exact) mass is 543 g/mol. The molecule has 39 heavy (non-hydrogen) atoms. The second-order valence-corrected chi connectivity index (χ2v) is 9.09. The highest BCUT2D eigenvalue weighted by atomic mass is 19.4. The zero-order chi connectivity index (χ0) is 27.7. The Kier molecular flexibility index (Phi) is 7.04. The maximum absolute atomic E-state index is 14.4. The van der Waals surface area contributed by atoms with Gasteiger partial charge < -0.3 is 19.9 Å². The third kappa shape index (κ3) is 5.60. The first kappa shape index (κ1) is 26.3. The SMILES string of the molecule is Cc1c(-c2ccc(Nc3cc(N(C)C)cc(C(F)(F)F)c3)cn2)nnn1-c1ncc(F)c(N2CCOCC2)n1. The Morgan fingerprint density at radius 3 is 2.44 bits per heavy atom. The molecule has 10 nitrogen and oxygen atoms in total. The maximum Gasteiger partial charge on any atom is 0.416 e. The number of rotatable bonds is 6. The van der Waals surface area contributed by atoms with Crippen LogP contribution < -0.4 is 15.1 Å². The Balaban J connectivity index is 1.38. The number of pyridine rings is 1. The summed E-state index contributed by atoms with van der Waals surface area (Å²) in [6.45, 7) is 3.74. The van der Waals surface area contributed by atoms with Gasteiger partial charge in [-0.05, 0) is 37.3 Å². The fraction of sp³-hybridized carbons (Fsp3) is 0.320. The van der Waals surface area contributed by atoms with Crippen LogP contribution in [0.15, 0.2) is 42.7 Å². The molecule has 1 N–H and O–H groups in total. The Morgan fingerprint density at radius 2 is 1.77 bits per heavy atom. The highest BCUT2D eigenvalue weighted by Gasteiger charge is 2.31. The van der Waals surface area contributed by atoms with E-state index in [-0.39, 0.29) is 17.5 Å². The maximum atomic E-state index is 14.4. The largest absolute Gasteiger partial charge is 0.416 e. The smallest absolute Gasteiger partial charge is 0.378 e. The summed E-state index contributed by atoms with van der Waals surface area (Å²) in [5.41, 5.74) is 1.93. The molecule has 0 amide bonds. The summed E-state index contributed by atoms with van der Waals surface area (Å²) in [7, 11) is 3.34. The highest BCUT2D eigenvalue weighted by molar-refractivity contribution is 5.68. The van der Waals surface area contributed by atoms with Crippen molar-refractivity contribution in [2.75, 3.05) is 55.5 Å². The molecule has 5 rings (SSSR count). The normalized spacial score (nSPS) is 14.0. The van der Waals surface area contributed by atoms with E-state index in [9.17, 15) is 17.6 Å². The van der Waals surface area contributed by atoms with E-state index in [0.717, 1.165) is 18.3 Å². The van der Waals surface area contributed by atoms with Crippen LogP contribution in [0.5, 0.6) is 0 Å². The molecule has 0 saturated carbocycles. The van der Waals surface area contributed by atoms with E-state index < -0.39 is 17.6 Å². The quantitative estimate of drug-likeness (QED) is 0.359. The van der Waals surface area contributed by atoms with Crippen LogP contribution in [0, 0.1) is 12.7 Å². The number of benzene rings is 1. The summed E-state index contributed by atoms with van der Waals surface area (Å²) in [6, 6.07) is 7.11. The van der Waals surface area contributed by atoms with Gasteiger partial charge in [0.1, 0.15) is 5.69 Å². The third-order valence-electron chi connectivity index (χ3n) is 6.16. The first-order chi connectivity index (χ1) is 18.6. The van der Waals surface area contributed by atoms with Gasteiger partial charge in [0, 0.05) is 38.6 Å². The molecule has 4 heterocycles. The van der Waals surface area contributed by atoms with Crippen LogP contribution in [0.3, 0.4) is 0 Å². The fourth-order valence-electron chi connectivity index (χ4n) is 4.08. The van der Waals surface area contributed by atoms with Crippen molar-refractivity contribution in [2.45, 2.75) is 13.1 Å². The van der Waals surface area contributed by atoms with Crippen molar-refractivity contribution >= 4 is 22.9 Å². The lowest BCUT2D eigenvalue weighted by Crippen LogP contribution is -2.37. The van der Waals surface area contributed by atoms with Crippen molar-refractivity contribution < 1.29 is 22.3 Å². The van der Waals surface area contributed by atoms with Gasteiger partial charge in [-0.3, -0.25) is 4.98 Å². The zero-order valence-corrected chi connectivity index (χ0v) is 21.4. The molecular formula is C25H25F4N9O. The van der Waals surface area contributed by atoms with Gasteiger partial charge in [0.05, 0.1) is 48.2 Å². The van der Waals surface area contributed by atoms with Crippen LogP contribution in [-0.4, -0.2) is 70.3 Å². The molecule has 4 aromatic rings. The van der Waals surface area contributed by atoms with Crippen LogP contribution in [0.1, 0.15) is 11.3 Å². The molecule has 1 fully saturated rings. The predicted molar refractivity (Wildman–Crippen MR) is 137 cm³/mol. The number of nitrogens with zero attached hydrogens (tertiary/aromatic N) is 8. The number of anilines is 4. The fourth-order valence-corrected chi connectivity index (χ4v) is 4.08. The minimum Gasteiger partial charge on any atom is -0.378 e. The third-order valence-corrected chi connectivity index (χ3v) is 6.16. The number of ether oxygens (including phenoxy) is 1. The molecule has 14 heteroatoms. The molecule has 204 valence electrons. The number of hydrogen-bond donors (Lipinski definition) is 1. The second-order valence-electron chi connectivity index (χ2n) is 9.09. The molecule has 0 aliphatic carbocycles. The Labute approximate surface area is 221 Å². The molecule has 0 bridgehead atoms. The van der Waals surface area contributed by atoms with E-state index in [1.165, 1.54) is 10.9 Å². The molecule has 1 aliphatic heterocycles. The molecular weight excluding hydrogens is 518 g/mol. The molecule has 1 aromatic carbocycles. The number of morpholine rings is 1. The first-order valence-corrected chi connectivity index (χ1v) is 12.0.